The summed E-state index contributed by atoms with van der Waals surface area (Å²) in [6.07, 6.45) is 0.782. The molecule has 0 unspecified atom stereocenters. The lowest BCUT2D eigenvalue weighted by molar-refractivity contribution is 0.391. The second-order valence-electron chi connectivity index (χ2n) is 3.37. The van der Waals surface area contributed by atoms with Gasteiger partial charge in [-0.3, -0.25) is 0 Å². The van der Waals surface area contributed by atoms with E-state index in [2.05, 4.69) is 38.3 Å². The number of benzene rings is 1. The lowest BCUT2D eigenvalue weighted by atomic mass is 10.1. The summed E-state index contributed by atoms with van der Waals surface area (Å²) in [5.74, 6) is 0.541. The molecule has 1 heterocycles. The topological polar surface area (TPSA) is 35.0 Å². The van der Waals surface area contributed by atoms with Gasteiger partial charge in [0.25, 0.3) is 0 Å². The molecule has 0 aliphatic heterocycles. The Morgan fingerprint density at radius 1 is 1.06 bits per heavy atom. The summed E-state index contributed by atoms with van der Waals surface area (Å²) in [6.45, 7) is 0. The Morgan fingerprint density at radius 3 is 2.38 bits per heavy atom. The van der Waals surface area contributed by atoms with Gasteiger partial charge in [-0.05, 0) is 23.8 Å². The molecule has 1 aromatic heterocycles. The van der Waals surface area contributed by atoms with Gasteiger partial charge in [-0.25, -0.2) is 0 Å². The molecule has 0 spiro atoms. The molecule has 0 amide bonds. The third-order valence-corrected chi connectivity index (χ3v) is 2.73. The molecule has 0 atom stereocenters. The summed E-state index contributed by atoms with van der Waals surface area (Å²) >= 11 is 3.41. The van der Waals surface area contributed by atoms with E-state index in [1.54, 1.807) is 7.11 Å². The molecule has 4 heteroatoms. The highest BCUT2D eigenvalue weighted by atomic mass is 79.9. The van der Waals surface area contributed by atoms with Gasteiger partial charge in [0.05, 0.1) is 12.8 Å². The van der Waals surface area contributed by atoms with E-state index in [1.165, 1.54) is 5.56 Å². The van der Waals surface area contributed by atoms with Gasteiger partial charge in [0.15, 0.2) is 0 Å². The molecular weight excluding hydrogens is 268 g/mol. The Labute approximate surface area is 103 Å². The Kier molecular flexibility index (Phi) is 3.51. The summed E-state index contributed by atoms with van der Waals surface area (Å²) < 4.78 is 6.04. The summed E-state index contributed by atoms with van der Waals surface area (Å²) in [7, 11) is 1.58. The first-order valence-electron chi connectivity index (χ1n) is 4.89. The van der Waals surface area contributed by atoms with Crippen molar-refractivity contribution in [2.24, 2.45) is 0 Å². The third kappa shape index (κ3) is 2.79. The van der Waals surface area contributed by atoms with Gasteiger partial charge >= 0.3 is 0 Å². The number of ether oxygens (including phenoxy) is 1. The minimum atomic E-state index is 0.541. The first-order valence-corrected chi connectivity index (χ1v) is 5.68. The maximum atomic E-state index is 4.96. The van der Waals surface area contributed by atoms with Crippen LogP contribution < -0.4 is 4.74 Å². The standard InChI is InChI=1S/C12H11BrN2O/c1-16-12-7-6-11(14-15-12)8-9-2-4-10(13)5-3-9/h2-7H,8H2,1H3. The summed E-state index contributed by atoms with van der Waals surface area (Å²) in [5.41, 5.74) is 2.14. The van der Waals surface area contributed by atoms with E-state index in [0.29, 0.717) is 5.88 Å². The Bertz CT molecular complexity index is 453. The molecular formula is C12H11BrN2O. The summed E-state index contributed by atoms with van der Waals surface area (Å²) in [6, 6.07) is 11.9. The van der Waals surface area contributed by atoms with Crippen molar-refractivity contribution in [1.29, 1.82) is 0 Å². The average Bonchev–Trinajstić information content (AvgIpc) is 2.33. The molecule has 16 heavy (non-hydrogen) atoms. The number of hydrogen-bond donors (Lipinski definition) is 0. The highest BCUT2D eigenvalue weighted by molar-refractivity contribution is 9.10. The second kappa shape index (κ2) is 5.07. The smallest absolute Gasteiger partial charge is 0.233 e. The number of aromatic nitrogens is 2. The Morgan fingerprint density at radius 2 is 1.81 bits per heavy atom. The normalized spacial score (nSPS) is 10.1. The van der Waals surface area contributed by atoms with Crippen LogP contribution in [0.1, 0.15) is 11.3 Å². The zero-order chi connectivity index (χ0) is 11.4. The first kappa shape index (κ1) is 11.1. The zero-order valence-electron chi connectivity index (χ0n) is 8.85. The van der Waals surface area contributed by atoms with Crippen LogP contribution in [0.25, 0.3) is 0 Å². The Balaban J connectivity index is 2.11. The lowest BCUT2D eigenvalue weighted by Crippen LogP contribution is -1.96. The predicted octanol–water partition coefficient (Wildman–Crippen LogP) is 2.84. The Hall–Kier alpha value is -1.42. The minimum Gasteiger partial charge on any atom is -0.480 e. The monoisotopic (exact) mass is 278 g/mol. The molecule has 0 radical (unpaired) electrons. The third-order valence-electron chi connectivity index (χ3n) is 2.20. The zero-order valence-corrected chi connectivity index (χ0v) is 10.4. The summed E-state index contributed by atoms with van der Waals surface area (Å²) in [5, 5.41) is 8.01. The van der Waals surface area contributed by atoms with Crippen LogP contribution in [-0.4, -0.2) is 17.3 Å². The van der Waals surface area contributed by atoms with E-state index in [9.17, 15) is 0 Å². The molecule has 0 saturated carbocycles. The molecule has 0 saturated heterocycles. The van der Waals surface area contributed by atoms with Gasteiger partial charge in [-0.15, -0.1) is 5.10 Å². The van der Waals surface area contributed by atoms with Crippen LogP contribution >= 0.6 is 15.9 Å². The fourth-order valence-corrected chi connectivity index (χ4v) is 1.63. The van der Waals surface area contributed by atoms with Crippen LogP contribution in [0.4, 0.5) is 0 Å². The van der Waals surface area contributed by atoms with Crippen LogP contribution in [0, 0.1) is 0 Å². The van der Waals surface area contributed by atoms with Crippen molar-refractivity contribution in [3.63, 3.8) is 0 Å². The van der Waals surface area contributed by atoms with Gasteiger partial charge in [-0.1, -0.05) is 28.1 Å². The second-order valence-corrected chi connectivity index (χ2v) is 4.29. The first-order chi connectivity index (χ1) is 7.78. The lowest BCUT2D eigenvalue weighted by Gasteiger charge is -2.01. The molecule has 82 valence electrons. The van der Waals surface area contributed by atoms with Gasteiger partial charge < -0.3 is 4.74 Å². The van der Waals surface area contributed by atoms with Crippen LogP contribution in [0.2, 0.25) is 0 Å². The molecule has 2 rings (SSSR count). The molecule has 0 bridgehead atoms. The van der Waals surface area contributed by atoms with E-state index in [-0.39, 0.29) is 0 Å². The highest BCUT2D eigenvalue weighted by Crippen LogP contribution is 2.13. The van der Waals surface area contributed by atoms with Crippen molar-refractivity contribution in [2.45, 2.75) is 6.42 Å². The molecule has 0 fully saturated rings. The van der Waals surface area contributed by atoms with Crippen molar-refractivity contribution in [2.75, 3.05) is 7.11 Å². The van der Waals surface area contributed by atoms with Crippen LogP contribution in [-0.2, 0) is 6.42 Å². The van der Waals surface area contributed by atoms with E-state index in [4.69, 9.17) is 4.74 Å². The predicted molar refractivity (Wildman–Crippen MR) is 65.5 cm³/mol. The largest absolute Gasteiger partial charge is 0.480 e. The fraction of sp³-hybridized carbons (Fsp3) is 0.167. The van der Waals surface area contributed by atoms with Crippen molar-refractivity contribution < 1.29 is 4.74 Å². The van der Waals surface area contributed by atoms with Crippen LogP contribution in [0.15, 0.2) is 40.9 Å². The van der Waals surface area contributed by atoms with E-state index >= 15 is 0 Å². The molecule has 2 aromatic rings. The van der Waals surface area contributed by atoms with E-state index in [0.717, 1.165) is 16.6 Å². The number of nitrogens with zero attached hydrogens (tertiary/aromatic N) is 2. The average molecular weight is 279 g/mol. The van der Waals surface area contributed by atoms with Gasteiger partial charge in [-0.2, -0.15) is 5.10 Å². The quantitative estimate of drug-likeness (QED) is 0.866. The molecule has 3 nitrogen and oxygen atoms in total. The minimum absolute atomic E-state index is 0.541. The SMILES string of the molecule is COc1ccc(Cc2ccc(Br)cc2)nn1. The molecule has 1 aromatic carbocycles. The number of rotatable bonds is 3. The maximum absolute atomic E-state index is 4.96. The number of methoxy groups -OCH3 is 1. The van der Waals surface area contributed by atoms with Gasteiger partial charge in [0.1, 0.15) is 0 Å². The molecule has 0 N–H and O–H groups in total. The van der Waals surface area contributed by atoms with Crippen LogP contribution in [0.5, 0.6) is 5.88 Å². The summed E-state index contributed by atoms with van der Waals surface area (Å²) in [4.78, 5) is 0. The fourth-order valence-electron chi connectivity index (χ4n) is 1.36. The van der Waals surface area contributed by atoms with Crippen molar-refractivity contribution in [3.8, 4) is 5.88 Å². The van der Waals surface area contributed by atoms with E-state index in [1.807, 2.05) is 24.3 Å². The number of halogens is 1. The van der Waals surface area contributed by atoms with Crippen molar-refractivity contribution in [3.05, 3.63) is 52.1 Å². The molecule has 0 aliphatic carbocycles. The van der Waals surface area contributed by atoms with Gasteiger partial charge in [0.2, 0.25) is 5.88 Å². The molecule has 0 aliphatic rings. The number of hydrogen-bond acceptors (Lipinski definition) is 3. The highest BCUT2D eigenvalue weighted by Gasteiger charge is 1.99. The van der Waals surface area contributed by atoms with E-state index < -0.39 is 0 Å². The van der Waals surface area contributed by atoms with Crippen LogP contribution in [0.3, 0.4) is 0 Å². The van der Waals surface area contributed by atoms with Crippen molar-refractivity contribution in [1.82, 2.24) is 10.2 Å². The maximum Gasteiger partial charge on any atom is 0.233 e. The van der Waals surface area contributed by atoms with Gasteiger partial charge in [0, 0.05) is 17.0 Å². The van der Waals surface area contributed by atoms with Crippen molar-refractivity contribution >= 4 is 15.9 Å².